The first kappa shape index (κ1) is 21.6. The molecule has 6 nitrogen and oxygen atoms in total. The second-order valence-electron chi connectivity index (χ2n) is 6.94. The van der Waals surface area contributed by atoms with Crippen molar-refractivity contribution in [3.8, 4) is 11.6 Å². The standard InChI is InChI=1S/C23H26ClN5O/c1-16-4-6-20(12-17(16)2)30-22-13-19(9-10-26-22)15-29-23(25-3)27-11-8-18-5-7-21(24)28-14-18/h4-7,9-10,12-14H,8,11,15H2,1-3H3,(H2,25,27,29). The third kappa shape index (κ3) is 6.46. The lowest BCUT2D eigenvalue weighted by molar-refractivity contribution is 0.461. The van der Waals surface area contributed by atoms with Crippen LogP contribution in [0.25, 0.3) is 0 Å². The number of guanidine groups is 1. The maximum Gasteiger partial charge on any atom is 0.219 e. The molecule has 0 spiro atoms. The van der Waals surface area contributed by atoms with Crippen molar-refractivity contribution in [1.29, 1.82) is 0 Å². The molecule has 0 aliphatic heterocycles. The fraction of sp³-hybridized carbons (Fsp3) is 0.261. The zero-order chi connectivity index (χ0) is 21.3. The molecule has 0 unspecified atom stereocenters. The number of rotatable bonds is 7. The van der Waals surface area contributed by atoms with Crippen LogP contribution in [0.15, 0.2) is 59.9 Å². The Bertz CT molecular complexity index is 1000. The van der Waals surface area contributed by atoms with Gasteiger partial charge in [0, 0.05) is 38.6 Å². The molecule has 156 valence electrons. The fourth-order valence-electron chi connectivity index (χ4n) is 2.80. The van der Waals surface area contributed by atoms with Crippen LogP contribution in [0.1, 0.15) is 22.3 Å². The second-order valence-corrected chi connectivity index (χ2v) is 7.33. The van der Waals surface area contributed by atoms with Gasteiger partial charge in [0.1, 0.15) is 10.9 Å². The summed E-state index contributed by atoms with van der Waals surface area (Å²) in [6.07, 6.45) is 4.36. The van der Waals surface area contributed by atoms with E-state index in [9.17, 15) is 0 Å². The van der Waals surface area contributed by atoms with Gasteiger partial charge in [-0.25, -0.2) is 9.97 Å². The molecule has 2 aromatic heterocycles. The molecule has 0 atom stereocenters. The van der Waals surface area contributed by atoms with E-state index in [0.29, 0.717) is 17.6 Å². The number of hydrogen-bond donors (Lipinski definition) is 2. The number of halogens is 1. The van der Waals surface area contributed by atoms with Gasteiger partial charge in [-0.15, -0.1) is 0 Å². The molecule has 0 saturated heterocycles. The molecule has 0 amide bonds. The summed E-state index contributed by atoms with van der Waals surface area (Å²) in [6.45, 7) is 5.49. The third-order valence-electron chi connectivity index (χ3n) is 4.68. The second kappa shape index (κ2) is 10.6. The smallest absolute Gasteiger partial charge is 0.219 e. The molecular formula is C23H26ClN5O. The molecule has 0 bridgehead atoms. The van der Waals surface area contributed by atoms with Gasteiger partial charge in [0.25, 0.3) is 0 Å². The summed E-state index contributed by atoms with van der Waals surface area (Å²) in [5, 5.41) is 7.11. The fourth-order valence-corrected chi connectivity index (χ4v) is 2.91. The van der Waals surface area contributed by atoms with E-state index in [4.69, 9.17) is 16.3 Å². The normalized spacial score (nSPS) is 11.3. The van der Waals surface area contributed by atoms with Crippen molar-refractivity contribution in [3.63, 3.8) is 0 Å². The largest absolute Gasteiger partial charge is 0.439 e. The van der Waals surface area contributed by atoms with E-state index in [-0.39, 0.29) is 0 Å². The van der Waals surface area contributed by atoms with Gasteiger partial charge in [-0.05, 0) is 66.8 Å². The number of aliphatic imine (C=N–C) groups is 1. The van der Waals surface area contributed by atoms with Crippen LogP contribution >= 0.6 is 11.6 Å². The summed E-state index contributed by atoms with van der Waals surface area (Å²) in [7, 11) is 1.75. The summed E-state index contributed by atoms with van der Waals surface area (Å²) in [5.41, 5.74) is 4.59. The summed E-state index contributed by atoms with van der Waals surface area (Å²) < 4.78 is 5.91. The van der Waals surface area contributed by atoms with Crippen LogP contribution in [0, 0.1) is 13.8 Å². The first-order valence-corrected chi connectivity index (χ1v) is 10.2. The Labute approximate surface area is 182 Å². The van der Waals surface area contributed by atoms with Crippen molar-refractivity contribution in [2.45, 2.75) is 26.8 Å². The summed E-state index contributed by atoms with van der Waals surface area (Å²) >= 11 is 5.82. The van der Waals surface area contributed by atoms with Gasteiger partial charge in [-0.3, -0.25) is 4.99 Å². The van der Waals surface area contributed by atoms with Crippen LogP contribution in [0.4, 0.5) is 0 Å². The van der Waals surface area contributed by atoms with Crippen molar-refractivity contribution in [2.24, 2.45) is 4.99 Å². The van der Waals surface area contributed by atoms with Crippen molar-refractivity contribution in [2.75, 3.05) is 13.6 Å². The molecule has 3 rings (SSSR count). The number of pyridine rings is 2. The number of aryl methyl sites for hydroxylation is 2. The van der Waals surface area contributed by atoms with Crippen LogP contribution in [-0.4, -0.2) is 29.5 Å². The van der Waals surface area contributed by atoms with Gasteiger partial charge >= 0.3 is 0 Å². The van der Waals surface area contributed by atoms with Crippen molar-refractivity contribution in [1.82, 2.24) is 20.6 Å². The number of ether oxygens (including phenoxy) is 1. The molecule has 1 aromatic carbocycles. The van der Waals surface area contributed by atoms with Crippen LogP contribution in [0.3, 0.4) is 0 Å². The molecule has 2 N–H and O–H groups in total. The number of hydrogen-bond acceptors (Lipinski definition) is 4. The predicted octanol–water partition coefficient (Wildman–Crippen LogP) is 4.45. The highest BCUT2D eigenvalue weighted by atomic mass is 35.5. The molecule has 0 aliphatic carbocycles. The van der Waals surface area contributed by atoms with Crippen LogP contribution in [0.5, 0.6) is 11.6 Å². The van der Waals surface area contributed by atoms with Gasteiger partial charge in [0.2, 0.25) is 5.88 Å². The average molecular weight is 424 g/mol. The van der Waals surface area contributed by atoms with Crippen LogP contribution in [0.2, 0.25) is 5.15 Å². The first-order valence-electron chi connectivity index (χ1n) is 9.78. The molecule has 0 aliphatic rings. The number of aromatic nitrogens is 2. The Morgan fingerprint density at radius 1 is 1.00 bits per heavy atom. The van der Waals surface area contributed by atoms with Gasteiger partial charge < -0.3 is 15.4 Å². The quantitative estimate of drug-likeness (QED) is 0.334. The highest BCUT2D eigenvalue weighted by Crippen LogP contribution is 2.22. The van der Waals surface area contributed by atoms with Crippen LogP contribution < -0.4 is 15.4 Å². The maximum atomic E-state index is 5.91. The predicted molar refractivity (Wildman–Crippen MR) is 121 cm³/mol. The highest BCUT2D eigenvalue weighted by Gasteiger charge is 2.04. The van der Waals surface area contributed by atoms with E-state index in [0.717, 1.165) is 35.8 Å². The Hall–Kier alpha value is -3.12. The van der Waals surface area contributed by atoms with Crippen LogP contribution in [-0.2, 0) is 13.0 Å². The minimum absolute atomic E-state index is 0.502. The van der Waals surface area contributed by atoms with Gasteiger partial charge in [-0.1, -0.05) is 23.7 Å². The molecule has 3 aromatic rings. The zero-order valence-corrected chi connectivity index (χ0v) is 18.2. The van der Waals surface area contributed by atoms with Crippen molar-refractivity contribution < 1.29 is 4.74 Å². The zero-order valence-electron chi connectivity index (χ0n) is 17.4. The lowest BCUT2D eigenvalue weighted by atomic mass is 10.1. The van der Waals surface area contributed by atoms with E-state index in [1.54, 1.807) is 25.5 Å². The van der Waals surface area contributed by atoms with Crippen molar-refractivity contribution >= 4 is 17.6 Å². The highest BCUT2D eigenvalue weighted by molar-refractivity contribution is 6.29. The molecule has 0 fully saturated rings. The van der Waals surface area contributed by atoms with Gasteiger partial charge in [0.05, 0.1) is 0 Å². The van der Waals surface area contributed by atoms with Gasteiger partial charge in [0.15, 0.2) is 5.96 Å². The number of nitrogens with zero attached hydrogens (tertiary/aromatic N) is 3. The van der Waals surface area contributed by atoms with E-state index < -0.39 is 0 Å². The molecule has 0 radical (unpaired) electrons. The SMILES string of the molecule is CN=C(NCCc1ccc(Cl)nc1)NCc1ccnc(Oc2ccc(C)c(C)c2)c1. The molecule has 30 heavy (non-hydrogen) atoms. The van der Waals surface area contributed by atoms with E-state index in [1.165, 1.54) is 11.1 Å². The lowest BCUT2D eigenvalue weighted by Gasteiger charge is -2.13. The summed E-state index contributed by atoms with van der Waals surface area (Å²) in [4.78, 5) is 12.7. The van der Waals surface area contributed by atoms with E-state index in [1.807, 2.05) is 36.4 Å². The molecular weight excluding hydrogens is 398 g/mol. The first-order chi connectivity index (χ1) is 14.5. The minimum atomic E-state index is 0.502. The lowest BCUT2D eigenvalue weighted by Crippen LogP contribution is -2.37. The Morgan fingerprint density at radius 3 is 2.60 bits per heavy atom. The minimum Gasteiger partial charge on any atom is -0.439 e. The Kier molecular flexibility index (Phi) is 7.63. The third-order valence-corrected chi connectivity index (χ3v) is 4.90. The van der Waals surface area contributed by atoms with Gasteiger partial charge in [-0.2, -0.15) is 0 Å². The number of benzene rings is 1. The van der Waals surface area contributed by atoms with E-state index >= 15 is 0 Å². The molecule has 2 heterocycles. The summed E-state index contributed by atoms with van der Waals surface area (Å²) in [6, 6.07) is 13.7. The van der Waals surface area contributed by atoms with E-state index in [2.05, 4.69) is 39.4 Å². The Balaban J connectivity index is 1.50. The topological polar surface area (TPSA) is 71.4 Å². The summed E-state index contributed by atoms with van der Waals surface area (Å²) in [5.74, 6) is 2.07. The molecule has 7 heteroatoms. The van der Waals surface area contributed by atoms with Crippen molar-refractivity contribution in [3.05, 3.63) is 82.3 Å². The Morgan fingerprint density at radius 2 is 1.87 bits per heavy atom. The number of nitrogens with one attached hydrogen (secondary N) is 2. The maximum absolute atomic E-state index is 5.91. The average Bonchev–Trinajstić information content (AvgIpc) is 2.75. The molecule has 0 saturated carbocycles. The monoisotopic (exact) mass is 423 g/mol.